The van der Waals surface area contributed by atoms with Gasteiger partial charge in [0.1, 0.15) is 60.1 Å². The Kier molecular flexibility index (Phi) is 22.7. The molecule has 2 heterocycles. The van der Waals surface area contributed by atoms with E-state index in [1.165, 1.54) is 36.1 Å². The van der Waals surface area contributed by atoms with Crippen molar-refractivity contribution in [2.24, 2.45) is 0 Å². The Balaban J connectivity index is 1.75. The molecule has 1 aromatic rings. The summed E-state index contributed by atoms with van der Waals surface area (Å²) >= 11 is 0. The lowest BCUT2D eigenvalue weighted by Crippen LogP contribution is -2.63. The summed E-state index contributed by atoms with van der Waals surface area (Å²) in [4.78, 5) is 145. The van der Waals surface area contributed by atoms with E-state index in [4.69, 9.17) is 0 Å². The van der Waals surface area contributed by atoms with Crippen molar-refractivity contribution in [1.29, 1.82) is 0 Å². The Bertz CT molecular complexity index is 2140. The van der Waals surface area contributed by atoms with Crippen LogP contribution in [0.3, 0.4) is 0 Å². The number of carboxylic acids is 3. The van der Waals surface area contributed by atoms with Gasteiger partial charge in [0, 0.05) is 13.0 Å². The number of aliphatic hydroxyl groups is 5. The number of carbonyl (C=O) groups excluding carboxylic acids is 8. The first-order valence-electron chi connectivity index (χ1n) is 22.7. The van der Waals surface area contributed by atoms with E-state index in [2.05, 4.69) is 21.3 Å². The van der Waals surface area contributed by atoms with Crippen molar-refractivity contribution in [3.05, 3.63) is 29.8 Å². The second kappa shape index (κ2) is 27.5. The minimum absolute atomic E-state index is 0.0385. The summed E-state index contributed by atoms with van der Waals surface area (Å²) < 4.78 is 0. The number of aliphatic carboxylic acids is 3. The van der Waals surface area contributed by atoms with Gasteiger partial charge in [-0.15, -0.1) is 0 Å². The molecule has 8 amide bonds. The summed E-state index contributed by atoms with van der Waals surface area (Å²) in [5.74, 6) is -13.8. The Morgan fingerprint density at radius 2 is 1.06 bits per heavy atom. The summed E-state index contributed by atoms with van der Waals surface area (Å²) in [7, 11) is 0. The third-order valence-corrected chi connectivity index (χ3v) is 11.8. The van der Waals surface area contributed by atoms with E-state index < -0.39 is 164 Å². The van der Waals surface area contributed by atoms with Gasteiger partial charge in [0.05, 0.1) is 44.5 Å². The maximum atomic E-state index is 13.7. The zero-order chi connectivity index (χ0) is 54.1. The second-order valence-electron chi connectivity index (χ2n) is 17.2. The Morgan fingerprint density at radius 3 is 1.56 bits per heavy atom. The lowest BCUT2D eigenvalue weighted by atomic mass is 10.0. The summed E-state index contributed by atoms with van der Waals surface area (Å²) in [5, 5.41) is 104. The number of hydrogen-bond acceptors (Lipinski definition) is 18. The van der Waals surface area contributed by atoms with E-state index in [1.54, 1.807) is 0 Å². The lowest BCUT2D eigenvalue weighted by molar-refractivity contribution is -0.147. The highest BCUT2D eigenvalue weighted by molar-refractivity contribution is 5.99. The van der Waals surface area contributed by atoms with Gasteiger partial charge in [-0.3, -0.25) is 57.6 Å². The highest BCUT2D eigenvalue weighted by atomic mass is 16.4. The molecule has 2 aliphatic rings. The van der Waals surface area contributed by atoms with Crippen molar-refractivity contribution in [2.75, 3.05) is 32.9 Å². The highest BCUT2D eigenvalue weighted by Crippen LogP contribution is 2.22. The number of nitrogens with zero attached hydrogens (tertiary/aromatic N) is 2. The summed E-state index contributed by atoms with van der Waals surface area (Å²) in [6, 6.07) is -11.1. The van der Waals surface area contributed by atoms with Crippen LogP contribution in [-0.4, -0.2) is 226 Å². The van der Waals surface area contributed by atoms with E-state index in [0.29, 0.717) is 12.0 Å². The van der Waals surface area contributed by atoms with Crippen LogP contribution in [-0.2, 0) is 59.2 Å². The van der Waals surface area contributed by atoms with E-state index in [9.17, 15) is 98.7 Å². The molecular weight excluding hydrogens is 963 g/mol. The summed E-state index contributed by atoms with van der Waals surface area (Å²) in [6.45, 7) is 0.171. The lowest BCUT2D eigenvalue weighted by Gasteiger charge is -2.32. The predicted octanol–water partition coefficient (Wildman–Crippen LogP) is -7.45. The van der Waals surface area contributed by atoms with E-state index in [-0.39, 0.29) is 44.5 Å². The molecule has 0 bridgehead atoms. The van der Waals surface area contributed by atoms with Crippen molar-refractivity contribution in [1.82, 2.24) is 47.0 Å². The second-order valence-corrected chi connectivity index (χ2v) is 17.2. The van der Waals surface area contributed by atoms with Gasteiger partial charge in [-0.05, 0) is 70.7 Å². The number of phenolic OH excluding ortho intramolecular Hbond substituents is 1. The number of aliphatic hydroxyl groups excluding tert-OH is 5. The summed E-state index contributed by atoms with van der Waals surface area (Å²) in [5.41, 5.74) is 0.377. The fourth-order valence-electron chi connectivity index (χ4n) is 7.85. The van der Waals surface area contributed by atoms with Gasteiger partial charge in [-0.25, -0.2) is 0 Å². The van der Waals surface area contributed by atoms with Crippen LogP contribution in [0.15, 0.2) is 24.3 Å². The van der Waals surface area contributed by atoms with Crippen LogP contribution in [0.4, 0.5) is 0 Å². The van der Waals surface area contributed by atoms with E-state index >= 15 is 0 Å². The first-order chi connectivity index (χ1) is 33.8. The molecule has 0 saturated carbocycles. The van der Waals surface area contributed by atoms with Crippen molar-refractivity contribution < 1.29 is 98.7 Å². The molecule has 72 heavy (non-hydrogen) atoms. The van der Waals surface area contributed by atoms with Crippen LogP contribution in [0.1, 0.15) is 58.4 Å². The maximum absolute atomic E-state index is 13.7. The molecule has 400 valence electrons. The molecule has 29 nitrogen and oxygen atoms in total. The van der Waals surface area contributed by atoms with Crippen molar-refractivity contribution in [3.8, 4) is 5.75 Å². The van der Waals surface area contributed by atoms with Crippen LogP contribution in [0.2, 0.25) is 0 Å². The number of carboxylic acid groups (broad SMARTS) is 3. The zero-order valence-corrected chi connectivity index (χ0v) is 39.4. The topological polar surface area (TPSA) is 461 Å². The Morgan fingerprint density at radius 1 is 0.569 bits per heavy atom. The number of likely N-dealkylation sites (tertiary alicyclic amines) is 2. The van der Waals surface area contributed by atoms with Crippen LogP contribution in [0.25, 0.3) is 0 Å². The molecule has 2 fully saturated rings. The first-order valence-corrected chi connectivity index (χ1v) is 22.7. The van der Waals surface area contributed by atoms with Crippen molar-refractivity contribution in [3.63, 3.8) is 0 Å². The number of amides is 8. The number of carbonyl (C=O) groups is 11. The molecule has 0 aliphatic carbocycles. The number of hydrogen-bond donors (Lipinski definition) is 16. The SMILES string of the molecule is C[C@H](NC(=O)[C@@H]1CCCN1C(=O)[C@@H](NC(=O)[C@@H](NC(=O)[C@H](CC(=O)O)NC(=O)[C@H](CO)NC(=O)[C@H](CO)NC(=O)[C@H](Cc1ccc(O)cc1)NC(=O)[C@@H]1CCCN1[C@@H](CO)C(=O)O)[C@@H](C)O)[C@@H](C)O)C(=O)O. The largest absolute Gasteiger partial charge is 0.508 e. The fourth-order valence-corrected chi connectivity index (χ4v) is 7.85. The van der Waals surface area contributed by atoms with Crippen LogP contribution < -0.4 is 37.2 Å². The third-order valence-electron chi connectivity index (χ3n) is 11.8. The van der Waals surface area contributed by atoms with Crippen molar-refractivity contribution in [2.45, 2.75) is 132 Å². The maximum Gasteiger partial charge on any atom is 0.325 e. The van der Waals surface area contributed by atoms with Gasteiger partial charge in [0.15, 0.2) is 0 Å². The molecular formula is C43H63N9O20. The minimum Gasteiger partial charge on any atom is -0.508 e. The third kappa shape index (κ3) is 16.5. The van der Waals surface area contributed by atoms with E-state index in [1.807, 2.05) is 16.0 Å². The molecule has 1 aromatic carbocycles. The van der Waals surface area contributed by atoms with Gasteiger partial charge >= 0.3 is 17.9 Å². The molecule has 12 atom stereocenters. The molecule has 16 N–H and O–H groups in total. The summed E-state index contributed by atoms with van der Waals surface area (Å²) in [6.07, 6.45) is -4.05. The standard InChI is InChI=1S/C43H63N9O20/c1-19(42(69)70)44-38(65)29-7-5-13-52(29)41(68)33(21(3)57)50-40(67)32(20(2)56)49-35(62)25(15-31(59)60)45-36(63)26(16-53)48-37(64)27(17-54)47-34(61)24(14-22-8-10-23(58)11-9-22)46-39(66)28-6-4-12-51(28)30(18-55)43(71)72/h8-11,19-21,24-30,32-33,53-58H,4-7,12-18H2,1-3H3,(H,44,65)(H,45,63)(H,46,66)(H,47,61)(H,48,64)(H,49,62)(H,50,67)(H,59,60)(H,69,70)(H,71,72)/t19-,20+,21+,24-,25-,26-,27-,28-,29-,30-,32-,33-/m0/s1. The molecule has 0 aromatic heterocycles. The average molecular weight is 1030 g/mol. The average Bonchev–Trinajstić information content (AvgIpc) is 4.01. The van der Waals surface area contributed by atoms with Gasteiger partial charge in [-0.2, -0.15) is 0 Å². The number of rotatable bonds is 27. The zero-order valence-electron chi connectivity index (χ0n) is 39.4. The van der Waals surface area contributed by atoms with Crippen molar-refractivity contribution >= 4 is 65.2 Å². The molecule has 2 aliphatic heterocycles. The normalized spacial score (nSPS) is 19.8. The molecule has 0 unspecified atom stereocenters. The first kappa shape index (κ1) is 59.3. The van der Waals surface area contributed by atoms with Crippen LogP contribution in [0, 0.1) is 0 Å². The monoisotopic (exact) mass is 1030 g/mol. The van der Waals surface area contributed by atoms with Gasteiger partial charge < -0.3 is 88.1 Å². The van der Waals surface area contributed by atoms with Crippen LogP contribution >= 0.6 is 0 Å². The highest BCUT2D eigenvalue weighted by Gasteiger charge is 2.43. The van der Waals surface area contributed by atoms with Crippen LogP contribution in [0.5, 0.6) is 5.75 Å². The molecule has 29 heteroatoms. The minimum atomic E-state index is -2.11. The number of nitrogens with one attached hydrogen (secondary N) is 7. The van der Waals surface area contributed by atoms with Gasteiger partial charge in [0.2, 0.25) is 47.3 Å². The molecule has 2 saturated heterocycles. The van der Waals surface area contributed by atoms with Gasteiger partial charge in [-0.1, -0.05) is 12.1 Å². The quantitative estimate of drug-likeness (QED) is 0.0389. The van der Waals surface area contributed by atoms with E-state index in [0.717, 1.165) is 18.7 Å². The Hall–Kier alpha value is -7.05. The molecule has 3 rings (SSSR count). The number of phenols is 1. The Labute approximate surface area is 410 Å². The molecule has 0 radical (unpaired) electrons. The predicted molar refractivity (Wildman–Crippen MR) is 241 cm³/mol. The number of aromatic hydroxyl groups is 1. The molecule has 0 spiro atoms. The van der Waals surface area contributed by atoms with Gasteiger partial charge in [0.25, 0.3) is 0 Å². The number of benzene rings is 1. The fraction of sp³-hybridized carbons (Fsp3) is 0.605. The smallest absolute Gasteiger partial charge is 0.325 e.